The van der Waals surface area contributed by atoms with E-state index in [9.17, 15) is 43.5 Å². The van der Waals surface area contributed by atoms with Gasteiger partial charge in [0, 0.05) is 45.6 Å². The molecular formula is C43H49N7O10. The van der Waals surface area contributed by atoms with E-state index < -0.39 is 95.2 Å². The molecule has 6 rings (SSSR count). The zero-order valence-electron chi connectivity index (χ0n) is 33.6. The van der Waals surface area contributed by atoms with Crippen molar-refractivity contribution in [3.63, 3.8) is 0 Å². The second-order valence-electron chi connectivity index (χ2n) is 15.2. The van der Waals surface area contributed by atoms with Crippen molar-refractivity contribution in [1.82, 2.24) is 35.6 Å². The molecule has 17 heteroatoms. The molecule has 0 unspecified atom stereocenters. The van der Waals surface area contributed by atoms with Gasteiger partial charge in [0.2, 0.25) is 29.5 Å². The maximum absolute atomic E-state index is 14.8. The van der Waals surface area contributed by atoms with E-state index in [2.05, 4.69) is 20.9 Å². The van der Waals surface area contributed by atoms with Crippen molar-refractivity contribution >= 4 is 47.2 Å². The molecule has 6 amide bonds. The molecule has 7 atom stereocenters. The number of piperidine rings is 1. The lowest BCUT2D eigenvalue weighted by Gasteiger charge is -2.40. The molecule has 1 aromatic heterocycles. The number of fused-ring (bicyclic) bond motifs is 2. The number of carbonyl (C=O) groups is 8. The van der Waals surface area contributed by atoms with Crippen LogP contribution in [0.4, 0.5) is 0 Å². The Bertz CT molecular complexity index is 2120. The summed E-state index contributed by atoms with van der Waals surface area (Å²) >= 11 is 0. The number of hydrogen-bond donors (Lipinski definition) is 4. The van der Waals surface area contributed by atoms with Crippen LogP contribution in [-0.4, -0.2) is 128 Å². The van der Waals surface area contributed by atoms with Crippen LogP contribution >= 0.6 is 0 Å². The molecule has 60 heavy (non-hydrogen) atoms. The van der Waals surface area contributed by atoms with Crippen molar-refractivity contribution in [3.05, 3.63) is 95.8 Å². The van der Waals surface area contributed by atoms with Crippen molar-refractivity contribution in [2.45, 2.75) is 94.7 Å². The molecule has 4 heterocycles. The minimum atomic E-state index is -1.68. The predicted octanol–water partition coefficient (Wildman–Crippen LogP) is 1.20. The van der Waals surface area contributed by atoms with Gasteiger partial charge in [-0.05, 0) is 49.4 Å². The number of nitrogens with one attached hydrogen (secondary N) is 3. The minimum Gasteiger partial charge on any atom is -0.505 e. The number of Topliss-reactive ketones (excluding diaryl/α,β-unsaturated/α-hetero) is 1. The Kier molecular flexibility index (Phi) is 13.6. The number of benzene rings is 2. The molecule has 0 bridgehead atoms. The van der Waals surface area contributed by atoms with Crippen LogP contribution in [0, 0.1) is 0 Å². The van der Waals surface area contributed by atoms with Gasteiger partial charge in [-0.15, -0.1) is 0 Å². The lowest BCUT2D eigenvalue weighted by molar-refractivity contribution is -0.156. The van der Waals surface area contributed by atoms with Gasteiger partial charge in [0.15, 0.2) is 11.7 Å². The molecule has 3 aliphatic rings. The first-order valence-electron chi connectivity index (χ1n) is 20.0. The zero-order chi connectivity index (χ0) is 43.1. The topological polar surface area (TPSA) is 225 Å². The number of pyridine rings is 1. The summed E-state index contributed by atoms with van der Waals surface area (Å²) in [6.07, 6.45) is 0.235. The average Bonchev–Trinajstić information content (AvgIpc) is 3.75. The van der Waals surface area contributed by atoms with Crippen LogP contribution in [0.15, 0.2) is 79.0 Å². The van der Waals surface area contributed by atoms with Crippen molar-refractivity contribution in [2.75, 3.05) is 20.1 Å². The summed E-state index contributed by atoms with van der Waals surface area (Å²) < 4.78 is 5.83. The van der Waals surface area contributed by atoms with E-state index in [0.717, 1.165) is 5.56 Å². The molecule has 3 aromatic rings. The summed E-state index contributed by atoms with van der Waals surface area (Å²) in [5.74, 6) is -6.30. The number of ether oxygens (including phenoxy) is 1. The average molecular weight is 824 g/mol. The van der Waals surface area contributed by atoms with Crippen LogP contribution < -0.4 is 16.0 Å². The molecule has 2 aromatic carbocycles. The molecule has 0 saturated carbocycles. The number of likely N-dealkylation sites (N-methyl/N-ethyl adjacent to an activating group) is 1. The summed E-state index contributed by atoms with van der Waals surface area (Å²) in [7, 11) is 1.47. The first kappa shape index (κ1) is 42.9. The number of ketones is 1. The monoisotopic (exact) mass is 823 g/mol. The molecule has 3 fully saturated rings. The van der Waals surface area contributed by atoms with Crippen molar-refractivity contribution in [3.8, 4) is 5.75 Å². The smallest absolute Gasteiger partial charge is 0.333 e. The fourth-order valence-electron chi connectivity index (χ4n) is 7.88. The second-order valence-corrected chi connectivity index (χ2v) is 15.2. The standard InChI is InChI=1S/C43H49N7O10/c1-4-29-40(56)49-21-12-17-30(49)41(57)48(3)32(23-26-13-7-5-8-14-26)42(58)50-22-19-28(51)24-31(50)37(53)47-35(27-15-9-6-10-16-27)43(59)60-25(2)34(38(54)45-29)46-39(55)36-33(52)18-11-20-44-36/h5-11,13-16,18,20,25,29-32,34-35,52H,4,12,17,19,21-24H2,1-3H3,(H,45,54)(H,46,55)(H,47,53)/t25-,29-,30-,31-,32-,34-,35+/m0/s1. The highest BCUT2D eigenvalue weighted by atomic mass is 16.5. The third-order valence-corrected chi connectivity index (χ3v) is 11.2. The maximum atomic E-state index is 14.8. The largest absolute Gasteiger partial charge is 0.505 e. The molecular weight excluding hydrogens is 775 g/mol. The number of nitrogens with zero attached hydrogens (tertiary/aromatic N) is 4. The molecule has 4 N–H and O–H groups in total. The summed E-state index contributed by atoms with van der Waals surface area (Å²) in [6.45, 7) is 3.03. The van der Waals surface area contributed by atoms with Crippen molar-refractivity contribution in [2.24, 2.45) is 0 Å². The first-order valence-corrected chi connectivity index (χ1v) is 20.0. The zero-order valence-corrected chi connectivity index (χ0v) is 33.6. The number of hydrogen-bond acceptors (Lipinski definition) is 11. The number of aromatic nitrogens is 1. The van der Waals surface area contributed by atoms with Crippen LogP contribution in [-0.2, 0) is 44.7 Å². The Morgan fingerprint density at radius 1 is 0.850 bits per heavy atom. The van der Waals surface area contributed by atoms with Crippen LogP contribution in [0.5, 0.6) is 5.75 Å². The van der Waals surface area contributed by atoms with Gasteiger partial charge in [-0.25, -0.2) is 9.78 Å². The number of aromatic hydroxyl groups is 1. The predicted molar refractivity (Wildman–Crippen MR) is 213 cm³/mol. The quantitative estimate of drug-likeness (QED) is 0.259. The highest BCUT2D eigenvalue weighted by Crippen LogP contribution is 2.26. The summed E-state index contributed by atoms with van der Waals surface area (Å²) in [4.78, 5) is 121. The van der Waals surface area contributed by atoms with Gasteiger partial charge in [0.1, 0.15) is 47.8 Å². The van der Waals surface area contributed by atoms with Crippen LogP contribution in [0.2, 0.25) is 0 Å². The van der Waals surface area contributed by atoms with E-state index in [-0.39, 0.29) is 56.5 Å². The third kappa shape index (κ3) is 9.45. The highest BCUT2D eigenvalue weighted by molar-refractivity contribution is 6.01. The SMILES string of the molecule is CC[C@@H]1NC(=O)[C@@H](NC(=O)c2ncccc2O)[C@H](C)OC(=O)[C@@H](c2ccccc2)NC(=O)[C@@H]2CC(=O)CCN2C(=O)[C@H](Cc2ccccc2)N(C)C(=O)[C@@H]2CCCN2C1=O. The molecule has 316 valence electrons. The van der Waals surface area contributed by atoms with Crippen LogP contribution in [0.1, 0.15) is 73.6 Å². The van der Waals surface area contributed by atoms with Gasteiger partial charge >= 0.3 is 5.97 Å². The Balaban J connectivity index is 1.43. The Hall–Kier alpha value is -6.65. The second kappa shape index (κ2) is 18.9. The molecule has 0 radical (unpaired) electrons. The lowest BCUT2D eigenvalue weighted by atomic mass is 9.95. The number of amides is 6. The lowest BCUT2D eigenvalue weighted by Crippen LogP contribution is -2.61. The van der Waals surface area contributed by atoms with E-state index in [0.29, 0.717) is 6.42 Å². The van der Waals surface area contributed by atoms with E-state index in [1.807, 2.05) is 6.07 Å². The maximum Gasteiger partial charge on any atom is 0.333 e. The van der Waals surface area contributed by atoms with Crippen molar-refractivity contribution < 1.29 is 48.2 Å². The van der Waals surface area contributed by atoms with E-state index in [4.69, 9.17) is 4.74 Å². The van der Waals surface area contributed by atoms with Gasteiger partial charge < -0.3 is 40.5 Å². The minimum absolute atomic E-state index is 0.0410. The number of esters is 1. The molecule has 3 saturated heterocycles. The molecule has 0 spiro atoms. The Morgan fingerprint density at radius 2 is 1.53 bits per heavy atom. The fourth-order valence-corrected chi connectivity index (χ4v) is 7.88. The number of rotatable bonds is 6. The van der Waals surface area contributed by atoms with Gasteiger partial charge in [-0.2, -0.15) is 0 Å². The summed E-state index contributed by atoms with van der Waals surface area (Å²) in [6, 6.07) is 11.7. The number of cyclic esters (lactones) is 1. The van der Waals surface area contributed by atoms with Gasteiger partial charge in [0.25, 0.3) is 5.91 Å². The molecule has 17 nitrogen and oxygen atoms in total. The molecule has 3 aliphatic heterocycles. The number of carbonyl (C=O) groups excluding carboxylic acids is 8. The van der Waals surface area contributed by atoms with E-state index in [1.54, 1.807) is 61.5 Å². The van der Waals surface area contributed by atoms with Gasteiger partial charge in [0.05, 0.1) is 0 Å². The Morgan fingerprint density at radius 3 is 2.22 bits per heavy atom. The summed E-state index contributed by atoms with van der Waals surface area (Å²) in [5.41, 5.74) is 0.560. The van der Waals surface area contributed by atoms with Gasteiger partial charge in [-0.3, -0.25) is 33.6 Å². The Labute approximate surface area is 346 Å². The van der Waals surface area contributed by atoms with E-state index in [1.165, 1.54) is 47.0 Å². The highest BCUT2D eigenvalue weighted by Gasteiger charge is 2.45. The van der Waals surface area contributed by atoms with Crippen molar-refractivity contribution in [1.29, 1.82) is 0 Å². The van der Waals surface area contributed by atoms with E-state index >= 15 is 0 Å². The van der Waals surface area contributed by atoms with Crippen LogP contribution in [0.25, 0.3) is 0 Å². The normalized spacial score (nSPS) is 26.1. The third-order valence-electron chi connectivity index (χ3n) is 11.2. The fraction of sp³-hybridized carbons (Fsp3) is 0.419. The van der Waals surface area contributed by atoms with Gasteiger partial charge in [-0.1, -0.05) is 67.6 Å². The summed E-state index contributed by atoms with van der Waals surface area (Å²) in [5, 5.41) is 18.2. The molecule has 0 aliphatic carbocycles. The first-order chi connectivity index (χ1) is 28.8. The van der Waals surface area contributed by atoms with Crippen LogP contribution in [0.3, 0.4) is 0 Å².